The predicted molar refractivity (Wildman–Crippen MR) is 147 cm³/mol. The SMILES string of the molecule is C#CCN(C)C(=O)CC1CCC(Nc2cc(NC3CC3)c3ncc(C(=O)Nc4ccnc(Cl)c4)n3n2)CC1. The highest BCUT2D eigenvalue weighted by Crippen LogP contribution is 2.32. The summed E-state index contributed by atoms with van der Waals surface area (Å²) in [6.07, 6.45) is 14.9. The van der Waals surface area contributed by atoms with E-state index in [1.54, 1.807) is 28.6 Å². The van der Waals surface area contributed by atoms with Gasteiger partial charge in [-0.2, -0.15) is 0 Å². The second-order valence-corrected chi connectivity index (χ2v) is 10.5. The normalized spacial score (nSPS) is 19.0. The molecule has 3 heterocycles. The van der Waals surface area contributed by atoms with Crippen molar-refractivity contribution in [3.05, 3.63) is 41.4 Å². The van der Waals surface area contributed by atoms with Gasteiger partial charge in [-0.05, 0) is 56.6 Å². The van der Waals surface area contributed by atoms with Gasteiger partial charge in [-0.1, -0.05) is 17.5 Å². The number of amides is 2. The van der Waals surface area contributed by atoms with Crippen molar-refractivity contribution >= 4 is 46.3 Å². The topological polar surface area (TPSA) is 117 Å². The van der Waals surface area contributed by atoms with E-state index < -0.39 is 0 Å². The van der Waals surface area contributed by atoms with Crippen molar-refractivity contribution in [2.75, 3.05) is 29.5 Å². The summed E-state index contributed by atoms with van der Waals surface area (Å²) in [5.41, 5.74) is 2.29. The van der Waals surface area contributed by atoms with Crippen LogP contribution < -0.4 is 16.0 Å². The number of nitrogens with one attached hydrogen (secondary N) is 3. The lowest BCUT2D eigenvalue weighted by Crippen LogP contribution is -2.32. The zero-order valence-electron chi connectivity index (χ0n) is 21.3. The summed E-state index contributed by atoms with van der Waals surface area (Å²) in [7, 11) is 1.75. The minimum atomic E-state index is -0.346. The number of halogens is 1. The Hall–Kier alpha value is -3.84. The maximum Gasteiger partial charge on any atom is 0.276 e. The van der Waals surface area contributed by atoms with Gasteiger partial charge in [0, 0.05) is 43.5 Å². The smallest absolute Gasteiger partial charge is 0.276 e. The number of hydrogen-bond acceptors (Lipinski definition) is 7. The summed E-state index contributed by atoms with van der Waals surface area (Å²) in [4.78, 5) is 35.5. The highest BCUT2D eigenvalue weighted by Gasteiger charge is 2.27. The number of terminal acetylenes is 1. The fourth-order valence-electron chi connectivity index (χ4n) is 4.77. The largest absolute Gasteiger partial charge is 0.379 e. The zero-order chi connectivity index (χ0) is 26.6. The Morgan fingerprint density at radius 1 is 1.13 bits per heavy atom. The minimum Gasteiger partial charge on any atom is -0.379 e. The molecule has 0 atom stereocenters. The van der Waals surface area contributed by atoms with Crippen LogP contribution in [0.4, 0.5) is 17.2 Å². The number of carbonyl (C=O) groups is 2. The van der Waals surface area contributed by atoms with Gasteiger partial charge in [-0.15, -0.1) is 11.5 Å². The fraction of sp³-hybridized carbons (Fsp3) is 0.444. The van der Waals surface area contributed by atoms with Crippen LogP contribution in [0.25, 0.3) is 5.65 Å². The Morgan fingerprint density at radius 3 is 2.58 bits per heavy atom. The maximum absolute atomic E-state index is 13.1. The summed E-state index contributed by atoms with van der Waals surface area (Å²) in [6, 6.07) is 5.85. The van der Waals surface area contributed by atoms with Crippen molar-refractivity contribution in [3.8, 4) is 12.3 Å². The van der Waals surface area contributed by atoms with E-state index in [-0.39, 0.29) is 17.9 Å². The van der Waals surface area contributed by atoms with Crippen molar-refractivity contribution in [1.29, 1.82) is 0 Å². The lowest BCUT2D eigenvalue weighted by Gasteiger charge is -2.30. The summed E-state index contributed by atoms with van der Waals surface area (Å²) < 4.78 is 1.58. The molecule has 0 radical (unpaired) electrons. The summed E-state index contributed by atoms with van der Waals surface area (Å²) >= 11 is 5.96. The molecular formula is C27H31ClN8O2. The van der Waals surface area contributed by atoms with E-state index in [0.29, 0.717) is 52.9 Å². The summed E-state index contributed by atoms with van der Waals surface area (Å²) in [6.45, 7) is 0.339. The third kappa shape index (κ3) is 6.17. The molecule has 38 heavy (non-hydrogen) atoms. The second-order valence-electron chi connectivity index (χ2n) is 10.1. The van der Waals surface area contributed by atoms with Crippen LogP contribution in [0.5, 0.6) is 0 Å². The molecule has 0 unspecified atom stereocenters. The molecule has 2 saturated carbocycles. The number of hydrogen-bond donors (Lipinski definition) is 3. The van der Waals surface area contributed by atoms with Gasteiger partial charge in [-0.25, -0.2) is 14.5 Å². The van der Waals surface area contributed by atoms with E-state index in [2.05, 4.69) is 31.8 Å². The fourth-order valence-corrected chi connectivity index (χ4v) is 4.94. The lowest BCUT2D eigenvalue weighted by atomic mass is 9.84. The van der Waals surface area contributed by atoms with Crippen LogP contribution in [0.2, 0.25) is 5.15 Å². The first-order valence-electron chi connectivity index (χ1n) is 12.9. The Bertz CT molecular complexity index is 1370. The number of rotatable bonds is 9. The highest BCUT2D eigenvalue weighted by molar-refractivity contribution is 6.29. The van der Waals surface area contributed by atoms with E-state index in [1.165, 1.54) is 12.4 Å². The molecule has 0 aliphatic heterocycles. The lowest BCUT2D eigenvalue weighted by molar-refractivity contribution is -0.130. The number of carbonyl (C=O) groups excluding carboxylic acids is 2. The summed E-state index contributed by atoms with van der Waals surface area (Å²) in [5, 5.41) is 14.9. The van der Waals surface area contributed by atoms with Gasteiger partial charge in [0.1, 0.15) is 11.0 Å². The number of imidazole rings is 1. The molecule has 0 saturated heterocycles. The molecule has 2 amide bonds. The molecule has 3 aromatic heterocycles. The number of pyridine rings is 1. The second kappa shape index (κ2) is 11.3. The molecule has 2 aliphatic rings. The van der Waals surface area contributed by atoms with E-state index in [4.69, 9.17) is 23.1 Å². The number of aromatic nitrogens is 4. The molecule has 198 valence electrons. The first-order valence-corrected chi connectivity index (χ1v) is 13.3. The predicted octanol–water partition coefficient (Wildman–Crippen LogP) is 4.06. The molecular weight excluding hydrogens is 504 g/mol. The number of nitrogens with zero attached hydrogens (tertiary/aromatic N) is 5. The Labute approximate surface area is 226 Å². The zero-order valence-corrected chi connectivity index (χ0v) is 22.0. The van der Waals surface area contributed by atoms with Crippen LogP contribution in [-0.4, -0.2) is 62.0 Å². The number of fused-ring (bicyclic) bond motifs is 1. The van der Waals surface area contributed by atoms with Gasteiger partial charge in [-0.3, -0.25) is 9.59 Å². The third-order valence-electron chi connectivity index (χ3n) is 7.04. The number of anilines is 3. The Kier molecular flexibility index (Phi) is 7.65. The van der Waals surface area contributed by atoms with Gasteiger partial charge < -0.3 is 20.9 Å². The van der Waals surface area contributed by atoms with Crippen molar-refractivity contribution in [1.82, 2.24) is 24.5 Å². The molecule has 0 aromatic carbocycles. The van der Waals surface area contributed by atoms with E-state index in [0.717, 1.165) is 44.2 Å². The average Bonchev–Trinajstić information content (AvgIpc) is 3.60. The van der Waals surface area contributed by atoms with Crippen molar-refractivity contribution < 1.29 is 9.59 Å². The van der Waals surface area contributed by atoms with Gasteiger partial charge in [0.25, 0.3) is 5.91 Å². The van der Waals surface area contributed by atoms with Crippen molar-refractivity contribution in [3.63, 3.8) is 0 Å². The first kappa shape index (κ1) is 25.8. The van der Waals surface area contributed by atoms with Gasteiger partial charge in [0.2, 0.25) is 5.91 Å². The highest BCUT2D eigenvalue weighted by atomic mass is 35.5. The molecule has 10 nitrogen and oxygen atoms in total. The summed E-state index contributed by atoms with van der Waals surface area (Å²) in [5.74, 6) is 3.30. The van der Waals surface area contributed by atoms with Gasteiger partial charge in [0.05, 0.1) is 18.4 Å². The van der Waals surface area contributed by atoms with Crippen LogP contribution in [0, 0.1) is 18.3 Å². The molecule has 3 N–H and O–H groups in total. The standard InChI is InChI=1S/C27H31ClN8O2/c1-3-12-35(2)25(37)13-17-4-6-19(7-5-17)32-24-15-21(31-18-8-9-18)26-30-16-22(36(26)34-24)27(38)33-20-10-11-29-23(28)14-20/h1,10-11,14-19,31H,4-9,12-13H2,2H3,(H,32,34)(H,29,33,38). The molecule has 5 rings (SSSR count). The molecule has 2 fully saturated rings. The van der Waals surface area contributed by atoms with Crippen LogP contribution >= 0.6 is 11.6 Å². The van der Waals surface area contributed by atoms with Gasteiger partial charge >= 0.3 is 0 Å². The molecule has 11 heteroatoms. The minimum absolute atomic E-state index is 0.0993. The Balaban J connectivity index is 1.30. The monoisotopic (exact) mass is 534 g/mol. The molecule has 3 aromatic rings. The quantitative estimate of drug-likeness (QED) is 0.280. The van der Waals surface area contributed by atoms with Crippen molar-refractivity contribution in [2.24, 2.45) is 5.92 Å². The van der Waals surface area contributed by atoms with E-state index >= 15 is 0 Å². The first-order chi connectivity index (χ1) is 18.4. The van der Waals surface area contributed by atoms with Crippen LogP contribution in [0.15, 0.2) is 30.6 Å². The van der Waals surface area contributed by atoms with Crippen LogP contribution in [0.1, 0.15) is 55.4 Å². The van der Waals surface area contributed by atoms with Crippen LogP contribution in [0.3, 0.4) is 0 Å². The third-order valence-corrected chi connectivity index (χ3v) is 7.24. The van der Waals surface area contributed by atoms with E-state index in [1.807, 2.05) is 6.07 Å². The molecule has 0 bridgehead atoms. The maximum atomic E-state index is 13.1. The van der Waals surface area contributed by atoms with Gasteiger partial charge in [0.15, 0.2) is 11.3 Å². The molecule has 0 spiro atoms. The van der Waals surface area contributed by atoms with E-state index in [9.17, 15) is 9.59 Å². The Morgan fingerprint density at radius 2 is 1.87 bits per heavy atom. The average molecular weight is 535 g/mol. The molecule has 2 aliphatic carbocycles. The van der Waals surface area contributed by atoms with Crippen molar-refractivity contribution in [2.45, 2.75) is 57.0 Å². The van der Waals surface area contributed by atoms with Crippen LogP contribution in [-0.2, 0) is 4.79 Å².